The normalized spacial score (nSPS) is 18.3. The van der Waals surface area contributed by atoms with E-state index in [-0.39, 0.29) is 11.2 Å². The third-order valence-electron chi connectivity index (χ3n) is 1.87. The second-order valence-electron chi connectivity index (χ2n) is 3.01. The van der Waals surface area contributed by atoms with Crippen LogP contribution in [-0.2, 0) is 4.79 Å². The van der Waals surface area contributed by atoms with E-state index in [4.69, 9.17) is 10.8 Å². The van der Waals surface area contributed by atoms with Gasteiger partial charge in [-0.3, -0.25) is 4.79 Å². The van der Waals surface area contributed by atoms with Crippen molar-refractivity contribution in [3.63, 3.8) is 0 Å². The van der Waals surface area contributed by atoms with E-state index in [0.29, 0.717) is 11.8 Å². The van der Waals surface area contributed by atoms with Crippen LogP contribution in [0.5, 0.6) is 0 Å². The topological polar surface area (TPSA) is 63.3 Å². The van der Waals surface area contributed by atoms with E-state index in [1.165, 1.54) is 0 Å². The maximum Gasteiger partial charge on any atom is 0.307 e. The molecule has 0 heterocycles. The van der Waals surface area contributed by atoms with E-state index in [1.54, 1.807) is 18.7 Å². The first-order valence-corrected chi connectivity index (χ1v) is 5.01. The fourth-order valence-electron chi connectivity index (χ4n) is 0.741. The number of rotatable bonds is 5. The number of aliphatic carboxylic acids is 1. The summed E-state index contributed by atoms with van der Waals surface area (Å²) >= 11 is 1.63. The Hall–Kier alpha value is -0.220. The van der Waals surface area contributed by atoms with Crippen LogP contribution in [0, 0.1) is 5.92 Å². The summed E-state index contributed by atoms with van der Waals surface area (Å²) in [6.45, 7) is 6.26. The van der Waals surface area contributed by atoms with Gasteiger partial charge in [0.15, 0.2) is 0 Å². The number of carboxylic acids is 1. The molecule has 3 unspecified atom stereocenters. The Bertz CT molecular complexity index is 152. The molecular weight excluding hydrogens is 174 g/mol. The maximum atomic E-state index is 10.6. The second-order valence-corrected chi connectivity index (χ2v) is 4.83. The van der Waals surface area contributed by atoms with Crippen LogP contribution in [0.15, 0.2) is 0 Å². The second kappa shape index (κ2) is 5.43. The molecule has 3 nitrogen and oxygen atoms in total. The highest BCUT2D eigenvalue weighted by Crippen LogP contribution is 2.23. The fraction of sp³-hybridized carbons (Fsp3) is 0.875. The van der Waals surface area contributed by atoms with Gasteiger partial charge in [-0.25, -0.2) is 0 Å². The molecular formula is C8H17NO2S. The van der Waals surface area contributed by atoms with Gasteiger partial charge in [-0.1, -0.05) is 20.8 Å². The minimum atomic E-state index is -0.737. The minimum absolute atomic E-state index is 0.126. The van der Waals surface area contributed by atoms with Gasteiger partial charge < -0.3 is 10.8 Å². The first-order valence-electron chi connectivity index (χ1n) is 4.07. The lowest BCUT2D eigenvalue weighted by atomic mass is 10.1. The Labute approximate surface area is 77.7 Å². The molecule has 72 valence electrons. The average Bonchev–Trinajstić information content (AvgIpc) is 2.02. The van der Waals surface area contributed by atoms with Gasteiger partial charge >= 0.3 is 5.97 Å². The summed E-state index contributed by atoms with van der Waals surface area (Å²) in [4.78, 5) is 10.6. The summed E-state index contributed by atoms with van der Waals surface area (Å²) < 4.78 is 0. The molecule has 0 aliphatic carbocycles. The largest absolute Gasteiger partial charge is 0.481 e. The zero-order valence-corrected chi connectivity index (χ0v) is 8.60. The number of hydrogen-bond acceptors (Lipinski definition) is 3. The average molecular weight is 191 g/mol. The van der Waals surface area contributed by atoms with Crippen LogP contribution < -0.4 is 5.73 Å². The highest BCUT2D eigenvalue weighted by molar-refractivity contribution is 8.00. The molecule has 0 aromatic heterocycles. The van der Waals surface area contributed by atoms with Crippen molar-refractivity contribution in [1.29, 1.82) is 0 Å². The van der Waals surface area contributed by atoms with Crippen molar-refractivity contribution in [3.8, 4) is 0 Å². The van der Waals surface area contributed by atoms with Crippen LogP contribution in [0.3, 0.4) is 0 Å². The zero-order chi connectivity index (χ0) is 9.72. The monoisotopic (exact) mass is 191 g/mol. The molecule has 0 radical (unpaired) electrons. The lowest BCUT2D eigenvalue weighted by molar-refractivity contribution is -0.140. The first kappa shape index (κ1) is 11.8. The Morgan fingerprint density at radius 3 is 2.33 bits per heavy atom. The van der Waals surface area contributed by atoms with Gasteiger partial charge in [0, 0.05) is 17.0 Å². The molecule has 3 N–H and O–H groups in total. The van der Waals surface area contributed by atoms with E-state index in [0.717, 1.165) is 0 Å². The summed E-state index contributed by atoms with van der Waals surface area (Å²) in [5.74, 6) is -1.04. The van der Waals surface area contributed by atoms with Crippen LogP contribution in [0.25, 0.3) is 0 Å². The lowest BCUT2D eigenvalue weighted by Crippen LogP contribution is -2.24. The van der Waals surface area contributed by atoms with Crippen molar-refractivity contribution in [2.24, 2.45) is 11.7 Å². The van der Waals surface area contributed by atoms with Gasteiger partial charge in [0.25, 0.3) is 0 Å². The highest BCUT2D eigenvalue weighted by atomic mass is 32.2. The molecule has 3 atom stereocenters. The molecule has 4 heteroatoms. The molecule has 0 aliphatic heterocycles. The molecule has 0 fully saturated rings. The lowest BCUT2D eigenvalue weighted by Gasteiger charge is -2.18. The van der Waals surface area contributed by atoms with Gasteiger partial charge in [0.05, 0.1) is 5.92 Å². The van der Waals surface area contributed by atoms with E-state index in [1.807, 2.05) is 13.8 Å². The van der Waals surface area contributed by atoms with Crippen molar-refractivity contribution >= 4 is 17.7 Å². The number of carboxylic acid groups (broad SMARTS) is 1. The summed E-state index contributed by atoms with van der Waals surface area (Å²) in [7, 11) is 0. The van der Waals surface area contributed by atoms with Gasteiger partial charge in [-0.05, 0) is 0 Å². The standard InChI is InChI=1S/C8H17NO2S/c1-5(4-9)12-7(3)6(2)8(10)11/h5-7H,4,9H2,1-3H3,(H,10,11). The minimum Gasteiger partial charge on any atom is -0.481 e. The molecule has 0 rings (SSSR count). The molecule has 0 bridgehead atoms. The molecule has 0 aliphatic rings. The Balaban J connectivity index is 3.86. The molecule has 0 aromatic rings. The van der Waals surface area contributed by atoms with Crippen molar-refractivity contribution < 1.29 is 9.90 Å². The highest BCUT2D eigenvalue weighted by Gasteiger charge is 2.20. The summed E-state index contributed by atoms with van der Waals surface area (Å²) in [5.41, 5.74) is 5.43. The molecule has 0 saturated heterocycles. The van der Waals surface area contributed by atoms with Crippen molar-refractivity contribution in [3.05, 3.63) is 0 Å². The predicted octanol–water partition coefficient (Wildman–Crippen LogP) is 1.18. The van der Waals surface area contributed by atoms with Crippen LogP contribution in [-0.4, -0.2) is 28.1 Å². The summed E-state index contributed by atoms with van der Waals surface area (Å²) in [6.07, 6.45) is 0. The number of hydrogen-bond donors (Lipinski definition) is 2. The van der Waals surface area contributed by atoms with Gasteiger partial charge in [-0.15, -0.1) is 0 Å². The zero-order valence-electron chi connectivity index (χ0n) is 7.78. The third kappa shape index (κ3) is 3.97. The van der Waals surface area contributed by atoms with E-state index in [2.05, 4.69) is 0 Å². The molecule has 0 amide bonds. The van der Waals surface area contributed by atoms with Crippen molar-refractivity contribution in [2.75, 3.05) is 6.54 Å². The molecule has 0 saturated carbocycles. The molecule has 0 aromatic carbocycles. The van der Waals surface area contributed by atoms with Crippen molar-refractivity contribution in [1.82, 2.24) is 0 Å². The first-order chi connectivity index (χ1) is 5.49. The molecule has 12 heavy (non-hydrogen) atoms. The van der Waals surface area contributed by atoms with E-state index >= 15 is 0 Å². The van der Waals surface area contributed by atoms with Gasteiger partial charge in [0.1, 0.15) is 0 Å². The number of thioether (sulfide) groups is 1. The Kier molecular flexibility index (Phi) is 5.33. The Morgan fingerprint density at radius 1 is 1.50 bits per heavy atom. The summed E-state index contributed by atoms with van der Waals surface area (Å²) in [6, 6.07) is 0. The van der Waals surface area contributed by atoms with Crippen LogP contribution in [0.1, 0.15) is 20.8 Å². The van der Waals surface area contributed by atoms with E-state index in [9.17, 15) is 4.79 Å². The van der Waals surface area contributed by atoms with Crippen LogP contribution in [0.2, 0.25) is 0 Å². The maximum absolute atomic E-state index is 10.6. The van der Waals surface area contributed by atoms with Crippen molar-refractivity contribution in [2.45, 2.75) is 31.3 Å². The third-order valence-corrected chi connectivity index (χ3v) is 3.37. The van der Waals surface area contributed by atoms with Crippen LogP contribution in [0.4, 0.5) is 0 Å². The van der Waals surface area contributed by atoms with E-state index < -0.39 is 5.97 Å². The number of carbonyl (C=O) groups is 1. The quantitative estimate of drug-likeness (QED) is 0.685. The van der Waals surface area contributed by atoms with Crippen LogP contribution >= 0.6 is 11.8 Å². The van der Waals surface area contributed by atoms with Gasteiger partial charge in [-0.2, -0.15) is 11.8 Å². The SMILES string of the molecule is CC(CN)SC(C)C(C)C(=O)O. The molecule has 0 spiro atoms. The smallest absolute Gasteiger partial charge is 0.307 e. The Morgan fingerprint density at radius 2 is 2.00 bits per heavy atom. The summed E-state index contributed by atoms with van der Waals surface area (Å²) in [5, 5.41) is 9.15. The van der Waals surface area contributed by atoms with Gasteiger partial charge in [0.2, 0.25) is 0 Å². The number of nitrogens with two attached hydrogens (primary N) is 1. The predicted molar refractivity (Wildman–Crippen MR) is 52.4 cm³/mol. The fourth-order valence-corrected chi connectivity index (χ4v) is 1.94.